The summed E-state index contributed by atoms with van der Waals surface area (Å²) in [6, 6.07) is 0. The Morgan fingerprint density at radius 1 is 1.12 bits per heavy atom. The largest absolute Gasteiger partial charge is 0.453 e. The first-order chi connectivity index (χ1) is 12.1. The Hall–Kier alpha value is -2.42. The van der Waals surface area contributed by atoms with Crippen molar-refractivity contribution < 1.29 is 27.2 Å². The van der Waals surface area contributed by atoms with Crippen molar-refractivity contribution in [3.05, 3.63) is 0 Å². The lowest BCUT2D eigenvalue weighted by molar-refractivity contribution is -0.284. The molecule has 1 aromatic rings. The number of nitrogens with one attached hydrogen (secondary N) is 2. The summed E-state index contributed by atoms with van der Waals surface area (Å²) < 4.78 is 62.2. The zero-order valence-electron chi connectivity index (χ0n) is 13.9. The van der Waals surface area contributed by atoms with Gasteiger partial charge in [0.25, 0.3) is 5.95 Å². The molecule has 0 amide bonds. The number of alkyl halides is 5. The highest BCUT2D eigenvalue weighted by Gasteiger charge is 2.56. The van der Waals surface area contributed by atoms with Crippen molar-refractivity contribution >= 4 is 17.8 Å². The number of hydroxylamine groups is 1. The van der Waals surface area contributed by atoms with E-state index in [0.29, 0.717) is 11.6 Å². The molecule has 0 saturated heterocycles. The van der Waals surface area contributed by atoms with Gasteiger partial charge in [-0.15, -0.1) is 6.42 Å². The molecule has 1 heterocycles. The van der Waals surface area contributed by atoms with Gasteiger partial charge < -0.3 is 10.6 Å². The molecule has 1 aromatic heterocycles. The Balaban J connectivity index is 2.79. The van der Waals surface area contributed by atoms with Crippen molar-refractivity contribution in [1.29, 1.82) is 0 Å². The van der Waals surface area contributed by atoms with Crippen LogP contribution >= 0.6 is 0 Å². The van der Waals surface area contributed by atoms with Crippen LogP contribution in [0.2, 0.25) is 0 Å². The lowest BCUT2D eigenvalue weighted by Gasteiger charge is -2.21. The van der Waals surface area contributed by atoms with Gasteiger partial charge in [0.2, 0.25) is 11.9 Å². The summed E-state index contributed by atoms with van der Waals surface area (Å²) in [5.41, 5.74) is 0. The van der Waals surface area contributed by atoms with Crippen molar-refractivity contribution in [2.45, 2.75) is 38.3 Å². The Bertz CT molecular complexity index is 619. The van der Waals surface area contributed by atoms with Crippen LogP contribution in [-0.2, 0) is 0 Å². The van der Waals surface area contributed by atoms with Crippen LogP contribution in [0.15, 0.2) is 0 Å². The predicted molar refractivity (Wildman–Crippen MR) is 85.3 cm³/mol. The van der Waals surface area contributed by atoms with E-state index in [1.807, 2.05) is 6.92 Å². The minimum atomic E-state index is -5.63. The van der Waals surface area contributed by atoms with Crippen LogP contribution < -0.4 is 15.7 Å². The van der Waals surface area contributed by atoms with Gasteiger partial charge in [-0.05, 0) is 12.8 Å². The summed E-state index contributed by atoms with van der Waals surface area (Å²) in [4.78, 5) is 11.7. The second kappa shape index (κ2) is 9.33. The molecule has 12 heteroatoms. The molecule has 0 fully saturated rings. The quantitative estimate of drug-likeness (QED) is 0.326. The van der Waals surface area contributed by atoms with Crippen LogP contribution in [-0.4, -0.2) is 51.9 Å². The zero-order chi connectivity index (χ0) is 19.8. The fourth-order valence-electron chi connectivity index (χ4n) is 1.70. The molecule has 0 spiro atoms. The molecule has 0 aliphatic heterocycles. The van der Waals surface area contributed by atoms with E-state index >= 15 is 0 Å². The third-order valence-corrected chi connectivity index (χ3v) is 3.01. The third-order valence-electron chi connectivity index (χ3n) is 3.01. The average molecular weight is 382 g/mol. The second-order valence-corrected chi connectivity index (χ2v) is 5.20. The van der Waals surface area contributed by atoms with Gasteiger partial charge in [-0.25, -0.2) is 5.06 Å². The van der Waals surface area contributed by atoms with Gasteiger partial charge in [-0.3, -0.25) is 5.21 Å². The molecule has 0 aromatic carbocycles. The van der Waals surface area contributed by atoms with Crippen molar-refractivity contribution in [1.82, 2.24) is 15.0 Å². The molecule has 3 N–H and O–H groups in total. The molecule has 0 unspecified atom stereocenters. The number of rotatable bonds is 10. The van der Waals surface area contributed by atoms with Crippen LogP contribution in [0.3, 0.4) is 0 Å². The molecule has 0 atom stereocenters. The van der Waals surface area contributed by atoms with Gasteiger partial charge in [0.15, 0.2) is 0 Å². The van der Waals surface area contributed by atoms with Gasteiger partial charge in [-0.2, -0.15) is 36.9 Å². The van der Waals surface area contributed by atoms with Crippen LogP contribution in [0.1, 0.15) is 26.2 Å². The molecular formula is C14H19F5N6O. The summed E-state index contributed by atoms with van der Waals surface area (Å²) in [6.45, 7) is 1.96. The van der Waals surface area contributed by atoms with Crippen molar-refractivity contribution in [2.75, 3.05) is 35.3 Å². The number of terminal acetylenes is 1. The van der Waals surface area contributed by atoms with Crippen LogP contribution in [0.25, 0.3) is 0 Å². The highest BCUT2D eigenvalue weighted by atomic mass is 19.4. The number of anilines is 3. The summed E-state index contributed by atoms with van der Waals surface area (Å²) in [7, 11) is 0. The summed E-state index contributed by atoms with van der Waals surface area (Å²) in [5, 5.41) is 15.8. The van der Waals surface area contributed by atoms with Gasteiger partial charge in [-0.1, -0.05) is 12.8 Å². The maximum atomic E-state index is 12.9. The molecule has 0 aliphatic rings. The maximum Gasteiger partial charge on any atom is 0.453 e. The number of hydrogen-bond acceptors (Lipinski definition) is 7. The van der Waals surface area contributed by atoms with E-state index in [0.717, 1.165) is 6.42 Å². The average Bonchev–Trinajstić information content (AvgIpc) is 2.56. The molecular weight excluding hydrogens is 363 g/mol. The molecule has 0 radical (unpaired) electrons. The normalized spacial score (nSPS) is 11.8. The van der Waals surface area contributed by atoms with Crippen LogP contribution in [0, 0.1) is 12.3 Å². The van der Waals surface area contributed by atoms with Gasteiger partial charge in [0, 0.05) is 19.5 Å². The predicted octanol–water partition coefficient (Wildman–Crippen LogP) is 2.91. The first-order valence-corrected chi connectivity index (χ1v) is 7.69. The molecule has 0 aliphatic carbocycles. The monoisotopic (exact) mass is 382 g/mol. The summed E-state index contributed by atoms with van der Waals surface area (Å²) >= 11 is 0. The minimum absolute atomic E-state index is 0.0197. The first-order valence-electron chi connectivity index (χ1n) is 7.69. The van der Waals surface area contributed by atoms with Crippen LogP contribution in [0.4, 0.5) is 39.8 Å². The first kappa shape index (κ1) is 21.6. The van der Waals surface area contributed by atoms with Crippen molar-refractivity contribution in [3.8, 4) is 12.3 Å². The van der Waals surface area contributed by atoms with Gasteiger partial charge >= 0.3 is 12.1 Å². The third kappa shape index (κ3) is 6.47. The van der Waals surface area contributed by atoms with E-state index in [9.17, 15) is 27.2 Å². The molecule has 26 heavy (non-hydrogen) atoms. The molecule has 146 valence electrons. The van der Waals surface area contributed by atoms with Crippen molar-refractivity contribution in [3.63, 3.8) is 0 Å². The fourth-order valence-corrected chi connectivity index (χ4v) is 1.70. The van der Waals surface area contributed by atoms with E-state index in [1.165, 1.54) is 0 Å². The highest BCUT2D eigenvalue weighted by Crippen LogP contribution is 2.38. The van der Waals surface area contributed by atoms with E-state index in [1.54, 1.807) is 0 Å². The van der Waals surface area contributed by atoms with Gasteiger partial charge in [0.05, 0.1) is 6.54 Å². The number of aromatic nitrogens is 3. The highest BCUT2D eigenvalue weighted by molar-refractivity contribution is 5.42. The Labute approximate surface area is 147 Å². The Kier molecular flexibility index (Phi) is 7.76. The topological polar surface area (TPSA) is 86.2 Å². The van der Waals surface area contributed by atoms with Gasteiger partial charge in [0.1, 0.15) is 0 Å². The summed E-state index contributed by atoms with van der Waals surface area (Å²) in [6.07, 6.45) is -1.88. The number of halogens is 5. The second-order valence-electron chi connectivity index (χ2n) is 5.20. The van der Waals surface area contributed by atoms with Crippen LogP contribution in [0.5, 0.6) is 0 Å². The molecule has 0 bridgehead atoms. The van der Waals surface area contributed by atoms with E-state index in [-0.39, 0.29) is 24.4 Å². The lowest BCUT2D eigenvalue weighted by Crippen LogP contribution is -2.37. The smallest absolute Gasteiger partial charge is 0.354 e. The molecule has 1 rings (SSSR count). The van der Waals surface area contributed by atoms with Crippen molar-refractivity contribution in [2.24, 2.45) is 0 Å². The lowest BCUT2D eigenvalue weighted by atomic mass is 10.2. The fraction of sp³-hybridized carbons (Fsp3) is 0.643. The Morgan fingerprint density at radius 3 is 2.27 bits per heavy atom. The molecule has 7 nitrogen and oxygen atoms in total. The summed E-state index contributed by atoms with van der Waals surface area (Å²) in [5.74, 6) is -2.74. The minimum Gasteiger partial charge on any atom is -0.354 e. The number of nitrogens with zero attached hydrogens (tertiary/aromatic N) is 4. The van der Waals surface area contributed by atoms with E-state index in [2.05, 4.69) is 31.5 Å². The standard InChI is InChI=1S/C14H19F5N6O/c1-3-7-20-10-22-11(21-8-4-2)24-12(23-10)25(26)9-5-6-13(15,16)14(17,18)19/h1,26H,4-9H2,2H3,(H2,20,21,22,23,24). The van der Waals surface area contributed by atoms with E-state index in [4.69, 9.17) is 6.42 Å². The Morgan fingerprint density at radius 2 is 1.73 bits per heavy atom. The molecule has 0 saturated carbocycles. The SMILES string of the molecule is C#CCNc1nc(NCCC)nc(N(O)CCCC(F)(F)C(F)(F)F)n1. The maximum absolute atomic E-state index is 12.9. The van der Waals surface area contributed by atoms with E-state index < -0.39 is 31.5 Å². The number of hydrogen-bond donors (Lipinski definition) is 3. The zero-order valence-corrected chi connectivity index (χ0v) is 13.9.